The lowest BCUT2D eigenvalue weighted by atomic mass is 10.1. The molecule has 0 aliphatic carbocycles. The van der Waals surface area contributed by atoms with Gasteiger partial charge < -0.3 is 5.32 Å². The van der Waals surface area contributed by atoms with Crippen LogP contribution in [-0.4, -0.2) is 15.3 Å². The quantitative estimate of drug-likeness (QED) is 0.756. The number of aromatic nitrogens is 2. The summed E-state index contributed by atoms with van der Waals surface area (Å²) in [5.41, 5.74) is 5.51. The smallest absolute Gasteiger partial charge is 0.274 e. The molecule has 124 valence electrons. The molecule has 0 saturated heterocycles. The van der Waals surface area contributed by atoms with Gasteiger partial charge in [0.15, 0.2) is 0 Å². The number of carbonyl (C=O) groups excluding carboxylic acids is 1. The van der Waals surface area contributed by atoms with Gasteiger partial charge in [0.25, 0.3) is 5.91 Å². The number of nitrogens with one attached hydrogen (secondary N) is 1. The molecular weight excluding hydrogens is 298 g/mol. The Morgan fingerprint density at radius 3 is 2.58 bits per heavy atom. The summed E-state index contributed by atoms with van der Waals surface area (Å²) >= 11 is 0. The first-order valence-electron chi connectivity index (χ1n) is 8.50. The second-order valence-electron chi connectivity index (χ2n) is 6.09. The fourth-order valence-electron chi connectivity index (χ4n) is 2.86. The topological polar surface area (TPSA) is 46.4 Å². The summed E-state index contributed by atoms with van der Waals surface area (Å²) in [6, 6.07) is 12.0. The van der Waals surface area contributed by atoms with E-state index < -0.39 is 0 Å². The van der Waals surface area contributed by atoms with Gasteiger partial charge in [-0.3, -0.25) is 9.20 Å². The molecule has 0 spiro atoms. The van der Waals surface area contributed by atoms with Crippen LogP contribution < -0.4 is 5.32 Å². The van der Waals surface area contributed by atoms with E-state index in [2.05, 4.69) is 24.1 Å². The Morgan fingerprint density at radius 2 is 1.92 bits per heavy atom. The first-order chi connectivity index (χ1) is 11.6. The number of benzene rings is 1. The monoisotopic (exact) mass is 321 g/mol. The second kappa shape index (κ2) is 6.87. The van der Waals surface area contributed by atoms with Crippen molar-refractivity contribution in [1.29, 1.82) is 0 Å². The third kappa shape index (κ3) is 3.18. The summed E-state index contributed by atoms with van der Waals surface area (Å²) in [5.74, 6) is -0.112. The molecule has 1 aromatic carbocycles. The number of rotatable bonds is 5. The fourth-order valence-corrected chi connectivity index (χ4v) is 2.86. The molecule has 0 atom stereocenters. The zero-order valence-corrected chi connectivity index (χ0v) is 14.5. The zero-order chi connectivity index (χ0) is 17.1. The maximum Gasteiger partial charge on any atom is 0.274 e. The predicted octanol–water partition coefficient (Wildman–Crippen LogP) is 4.41. The molecule has 0 aliphatic rings. The molecule has 0 radical (unpaired) electrons. The Kier molecular flexibility index (Phi) is 4.65. The first kappa shape index (κ1) is 16.2. The summed E-state index contributed by atoms with van der Waals surface area (Å²) < 4.78 is 1.88. The van der Waals surface area contributed by atoms with E-state index in [1.807, 2.05) is 53.9 Å². The number of hydrogen-bond donors (Lipinski definition) is 1. The van der Waals surface area contributed by atoms with Crippen LogP contribution in [0.25, 0.3) is 5.65 Å². The van der Waals surface area contributed by atoms with Crippen LogP contribution in [0.2, 0.25) is 0 Å². The minimum atomic E-state index is -0.112. The lowest BCUT2D eigenvalue weighted by molar-refractivity contribution is 0.102. The normalized spacial score (nSPS) is 11.0. The van der Waals surface area contributed by atoms with Crippen molar-refractivity contribution >= 4 is 17.2 Å². The van der Waals surface area contributed by atoms with Gasteiger partial charge in [-0.25, -0.2) is 4.98 Å². The molecular formula is C20H23N3O. The molecule has 3 rings (SSSR count). The molecule has 1 N–H and O–H groups in total. The highest BCUT2D eigenvalue weighted by molar-refractivity contribution is 6.04. The van der Waals surface area contributed by atoms with E-state index in [9.17, 15) is 4.79 Å². The maximum atomic E-state index is 12.9. The van der Waals surface area contributed by atoms with Crippen molar-refractivity contribution < 1.29 is 4.79 Å². The lowest BCUT2D eigenvalue weighted by Crippen LogP contribution is -2.16. The molecule has 0 fully saturated rings. The molecule has 24 heavy (non-hydrogen) atoms. The maximum absolute atomic E-state index is 12.9. The Labute approximate surface area is 142 Å². The van der Waals surface area contributed by atoms with Crippen molar-refractivity contribution in [1.82, 2.24) is 9.38 Å². The number of pyridine rings is 1. The van der Waals surface area contributed by atoms with Crippen molar-refractivity contribution in [2.75, 3.05) is 5.32 Å². The number of amides is 1. The average Bonchev–Trinajstić information content (AvgIpc) is 2.93. The largest absolute Gasteiger partial charge is 0.321 e. The fraction of sp³-hybridized carbons (Fsp3) is 0.300. The van der Waals surface area contributed by atoms with Crippen molar-refractivity contribution in [3.63, 3.8) is 0 Å². The molecule has 4 nitrogen and oxygen atoms in total. The van der Waals surface area contributed by atoms with E-state index >= 15 is 0 Å². The third-order valence-electron chi connectivity index (χ3n) is 4.18. The minimum Gasteiger partial charge on any atom is -0.321 e. The van der Waals surface area contributed by atoms with Gasteiger partial charge in [0, 0.05) is 11.9 Å². The molecule has 3 aromatic rings. The molecule has 0 bridgehead atoms. The van der Waals surface area contributed by atoms with Crippen molar-refractivity contribution in [2.24, 2.45) is 0 Å². The molecule has 4 heteroatoms. The van der Waals surface area contributed by atoms with Crippen LogP contribution in [0.5, 0.6) is 0 Å². The van der Waals surface area contributed by atoms with E-state index in [0.717, 1.165) is 41.9 Å². The molecule has 1 amide bonds. The first-order valence-corrected chi connectivity index (χ1v) is 8.50. The van der Waals surface area contributed by atoms with E-state index in [0.29, 0.717) is 5.69 Å². The van der Waals surface area contributed by atoms with Gasteiger partial charge in [-0.15, -0.1) is 0 Å². The van der Waals surface area contributed by atoms with E-state index in [1.165, 1.54) is 5.56 Å². The summed E-state index contributed by atoms with van der Waals surface area (Å²) in [4.78, 5) is 17.5. The van der Waals surface area contributed by atoms with Crippen LogP contribution in [0.1, 0.15) is 47.6 Å². The van der Waals surface area contributed by atoms with Crippen LogP contribution in [0.4, 0.5) is 5.69 Å². The number of imidazole rings is 1. The van der Waals surface area contributed by atoms with Crippen molar-refractivity contribution in [3.05, 3.63) is 65.1 Å². The van der Waals surface area contributed by atoms with Gasteiger partial charge in [0.1, 0.15) is 11.3 Å². The van der Waals surface area contributed by atoms with Gasteiger partial charge in [-0.2, -0.15) is 0 Å². The van der Waals surface area contributed by atoms with Crippen molar-refractivity contribution in [3.8, 4) is 0 Å². The van der Waals surface area contributed by atoms with E-state index in [-0.39, 0.29) is 5.91 Å². The number of nitrogens with zero attached hydrogens (tertiary/aromatic N) is 2. The molecule has 0 unspecified atom stereocenters. The predicted molar refractivity (Wildman–Crippen MR) is 97.7 cm³/mol. The third-order valence-corrected chi connectivity index (χ3v) is 4.18. The molecule has 2 heterocycles. The second-order valence-corrected chi connectivity index (χ2v) is 6.09. The number of aryl methyl sites for hydroxylation is 3. The lowest BCUT2D eigenvalue weighted by Gasteiger charge is -2.08. The Balaban J connectivity index is 1.96. The Hall–Kier alpha value is -2.62. The van der Waals surface area contributed by atoms with Crippen LogP contribution in [0, 0.1) is 6.92 Å². The molecule has 0 saturated carbocycles. The number of anilines is 1. The van der Waals surface area contributed by atoms with Crippen LogP contribution >= 0.6 is 0 Å². The standard InChI is InChI=1S/C20H23N3O/c1-4-6-17-19(23-12-11-14(3)13-18(23)22-17)20(24)21-16-9-7-15(5-2)8-10-16/h7-13H,4-6H2,1-3H3,(H,21,24). The number of carbonyl (C=O) groups is 1. The van der Waals surface area contributed by atoms with Crippen LogP contribution in [-0.2, 0) is 12.8 Å². The van der Waals surface area contributed by atoms with Gasteiger partial charge in [0.2, 0.25) is 0 Å². The average molecular weight is 321 g/mol. The highest BCUT2D eigenvalue weighted by Crippen LogP contribution is 2.18. The summed E-state index contributed by atoms with van der Waals surface area (Å²) in [7, 11) is 0. The van der Waals surface area contributed by atoms with Gasteiger partial charge in [0.05, 0.1) is 5.69 Å². The molecule has 2 aromatic heterocycles. The Bertz CT molecular complexity index is 862. The van der Waals surface area contributed by atoms with Crippen molar-refractivity contribution in [2.45, 2.75) is 40.0 Å². The van der Waals surface area contributed by atoms with Gasteiger partial charge in [-0.1, -0.05) is 32.4 Å². The Morgan fingerprint density at radius 1 is 1.17 bits per heavy atom. The SMILES string of the molecule is CCCc1nc2cc(C)ccn2c1C(=O)Nc1ccc(CC)cc1. The zero-order valence-electron chi connectivity index (χ0n) is 14.5. The summed E-state index contributed by atoms with van der Waals surface area (Å²) in [6.07, 6.45) is 4.65. The van der Waals surface area contributed by atoms with E-state index in [1.54, 1.807) is 0 Å². The summed E-state index contributed by atoms with van der Waals surface area (Å²) in [5, 5.41) is 3.00. The van der Waals surface area contributed by atoms with Crippen LogP contribution in [0.15, 0.2) is 42.6 Å². The highest BCUT2D eigenvalue weighted by Gasteiger charge is 2.19. The minimum absolute atomic E-state index is 0.112. The van der Waals surface area contributed by atoms with Gasteiger partial charge >= 0.3 is 0 Å². The van der Waals surface area contributed by atoms with Crippen LogP contribution in [0.3, 0.4) is 0 Å². The molecule has 0 aliphatic heterocycles. The number of fused-ring (bicyclic) bond motifs is 1. The highest BCUT2D eigenvalue weighted by atomic mass is 16.2. The number of hydrogen-bond acceptors (Lipinski definition) is 2. The summed E-state index contributed by atoms with van der Waals surface area (Å²) in [6.45, 7) is 6.24. The van der Waals surface area contributed by atoms with Gasteiger partial charge in [-0.05, 0) is 55.2 Å². The van der Waals surface area contributed by atoms with E-state index in [4.69, 9.17) is 0 Å².